The van der Waals surface area contributed by atoms with Crippen LogP contribution in [0.5, 0.6) is 0 Å². The molecule has 1 aliphatic rings. The van der Waals surface area contributed by atoms with Crippen molar-refractivity contribution in [3.63, 3.8) is 0 Å². The third-order valence-electron chi connectivity index (χ3n) is 2.24. The van der Waals surface area contributed by atoms with E-state index in [0.717, 1.165) is 0 Å². The number of hydrogen-bond acceptors (Lipinski definition) is 1. The van der Waals surface area contributed by atoms with E-state index in [0.29, 0.717) is 0 Å². The highest BCUT2D eigenvalue weighted by molar-refractivity contribution is 7.98. The van der Waals surface area contributed by atoms with Crippen molar-refractivity contribution in [2.24, 2.45) is 0 Å². The van der Waals surface area contributed by atoms with E-state index in [1.54, 1.807) is 0 Å². The van der Waals surface area contributed by atoms with Crippen LogP contribution in [0.2, 0.25) is 0 Å². The van der Waals surface area contributed by atoms with E-state index < -0.39 is 0 Å². The first-order valence-corrected chi connectivity index (χ1v) is 5.46. The van der Waals surface area contributed by atoms with Crippen molar-refractivity contribution >= 4 is 17.8 Å². The Bertz CT molecular complexity index is 313. The zero-order valence-corrected chi connectivity index (χ0v) is 8.03. The van der Waals surface area contributed by atoms with Crippen LogP contribution in [0.1, 0.15) is 17.5 Å². The quantitative estimate of drug-likeness (QED) is 0.591. The molecule has 0 heterocycles. The van der Waals surface area contributed by atoms with Crippen molar-refractivity contribution in [2.75, 3.05) is 6.26 Å². The minimum atomic E-state index is 1.20. The van der Waals surface area contributed by atoms with E-state index in [2.05, 4.69) is 36.6 Å². The number of hydrogen-bond donors (Lipinski definition) is 0. The molecule has 0 saturated carbocycles. The maximum atomic E-state index is 2.27. The summed E-state index contributed by atoms with van der Waals surface area (Å²) < 4.78 is 0. The molecule has 1 aliphatic carbocycles. The molecule has 0 nitrogen and oxygen atoms in total. The molecule has 1 aromatic rings. The molecule has 1 heteroatoms. The van der Waals surface area contributed by atoms with Gasteiger partial charge in [0.05, 0.1) is 0 Å². The van der Waals surface area contributed by atoms with Gasteiger partial charge >= 0.3 is 0 Å². The van der Waals surface area contributed by atoms with Crippen molar-refractivity contribution in [1.29, 1.82) is 0 Å². The molecular weight excluding hydrogens is 164 g/mol. The number of fused-ring (bicyclic) bond motifs is 1. The lowest BCUT2D eigenvalue weighted by atomic mass is 9.98. The van der Waals surface area contributed by atoms with Crippen molar-refractivity contribution < 1.29 is 0 Å². The van der Waals surface area contributed by atoms with Crippen LogP contribution in [-0.2, 0) is 6.42 Å². The molecule has 0 bridgehead atoms. The van der Waals surface area contributed by atoms with Crippen LogP contribution in [0.25, 0.3) is 6.08 Å². The molecule has 0 aromatic heterocycles. The van der Waals surface area contributed by atoms with Crippen LogP contribution in [-0.4, -0.2) is 6.26 Å². The summed E-state index contributed by atoms with van der Waals surface area (Å²) in [5, 5.41) is 0. The summed E-state index contributed by atoms with van der Waals surface area (Å²) in [6.07, 6.45) is 9.07. The van der Waals surface area contributed by atoms with Crippen LogP contribution < -0.4 is 0 Å². The molecule has 2 rings (SSSR count). The highest BCUT2D eigenvalue weighted by Crippen LogP contribution is 2.28. The normalized spacial score (nSPS) is 14.4. The third kappa shape index (κ3) is 1.29. The van der Waals surface area contributed by atoms with Gasteiger partial charge in [0.25, 0.3) is 0 Å². The van der Waals surface area contributed by atoms with E-state index in [9.17, 15) is 0 Å². The molecule has 62 valence electrons. The van der Waals surface area contributed by atoms with E-state index in [1.165, 1.54) is 28.9 Å². The Labute approximate surface area is 77.7 Å². The number of rotatable bonds is 1. The molecule has 0 aliphatic heterocycles. The van der Waals surface area contributed by atoms with Crippen molar-refractivity contribution in [1.82, 2.24) is 0 Å². The third-order valence-corrected chi connectivity index (χ3v) is 3.04. The zero-order chi connectivity index (χ0) is 8.39. The molecule has 1 aromatic carbocycles. The standard InChI is InChI=1S/C11H12S/c1-12-11-8-4-6-9-5-2-3-7-10(9)11/h3-4,6-8H,2,5H2,1H3. The van der Waals surface area contributed by atoms with Crippen LogP contribution >= 0.6 is 11.8 Å². The van der Waals surface area contributed by atoms with Gasteiger partial charge in [-0.05, 0) is 36.3 Å². The molecular formula is C11H12S. The number of benzene rings is 1. The van der Waals surface area contributed by atoms with Gasteiger partial charge in [-0.25, -0.2) is 0 Å². The monoisotopic (exact) mass is 176 g/mol. The average molecular weight is 176 g/mol. The number of allylic oxidation sites excluding steroid dienone is 1. The van der Waals surface area contributed by atoms with Gasteiger partial charge in [-0.3, -0.25) is 0 Å². The van der Waals surface area contributed by atoms with E-state index in [1.807, 2.05) is 11.8 Å². The summed E-state index contributed by atoms with van der Waals surface area (Å²) in [6.45, 7) is 0. The summed E-state index contributed by atoms with van der Waals surface area (Å²) in [5.41, 5.74) is 2.94. The second-order valence-corrected chi connectivity index (χ2v) is 3.82. The predicted molar refractivity (Wildman–Crippen MR) is 55.6 cm³/mol. The summed E-state index contributed by atoms with van der Waals surface area (Å²) >= 11 is 1.83. The molecule has 0 radical (unpaired) electrons. The largest absolute Gasteiger partial charge is 0.129 e. The number of aryl methyl sites for hydroxylation is 1. The Morgan fingerprint density at radius 2 is 2.25 bits per heavy atom. The Morgan fingerprint density at radius 3 is 3.08 bits per heavy atom. The average Bonchev–Trinajstić information content (AvgIpc) is 2.17. The van der Waals surface area contributed by atoms with Gasteiger partial charge in [0.15, 0.2) is 0 Å². The fraction of sp³-hybridized carbons (Fsp3) is 0.273. The van der Waals surface area contributed by atoms with Gasteiger partial charge in [-0.1, -0.05) is 24.3 Å². The highest BCUT2D eigenvalue weighted by Gasteiger charge is 2.06. The Morgan fingerprint density at radius 1 is 1.33 bits per heavy atom. The van der Waals surface area contributed by atoms with Gasteiger partial charge in [0.1, 0.15) is 0 Å². The lowest BCUT2D eigenvalue weighted by molar-refractivity contribution is 0.975. The van der Waals surface area contributed by atoms with Gasteiger partial charge in [-0.2, -0.15) is 0 Å². The van der Waals surface area contributed by atoms with Gasteiger partial charge in [0, 0.05) is 4.90 Å². The molecule has 0 saturated heterocycles. The van der Waals surface area contributed by atoms with Crippen LogP contribution in [0.4, 0.5) is 0 Å². The first kappa shape index (κ1) is 7.93. The Balaban J connectivity index is 2.54. The molecule has 0 spiro atoms. The summed E-state index contributed by atoms with van der Waals surface area (Å²) in [6, 6.07) is 6.58. The lowest BCUT2D eigenvalue weighted by Crippen LogP contribution is -1.94. The minimum Gasteiger partial charge on any atom is -0.129 e. The molecule has 0 fully saturated rings. The smallest absolute Gasteiger partial charge is 0.0144 e. The highest BCUT2D eigenvalue weighted by atomic mass is 32.2. The predicted octanol–water partition coefficient (Wildman–Crippen LogP) is 3.37. The van der Waals surface area contributed by atoms with E-state index >= 15 is 0 Å². The maximum absolute atomic E-state index is 2.27. The summed E-state index contributed by atoms with van der Waals surface area (Å²) in [4.78, 5) is 1.41. The second-order valence-electron chi connectivity index (χ2n) is 2.97. The fourth-order valence-electron chi connectivity index (χ4n) is 1.61. The minimum absolute atomic E-state index is 1.20. The van der Waals surface area contributed by atoms with E-state index in [4.69, 9.17) is 0 Å². The lowest BCUT2D eigenvalue weighted by Gasteiger charge is -2.12. The molecule has 0 unspecified atom stereocenters. The zero-order valence-electron chi connectivity index (χ0n) is 7.21. The molecule has 12 heavy (non-hydrogen) atoms. The van der Waals surface area contributed by atoms with Crippen LogP contribution in [0, 0.1) is 0 Å². The SMILES string of the molecule is CSc1cccc2c1C=CCC2. The molecule has 0 amide bonds. The maximum Gasteiger partial charge on any atom is 0.0144 e. The van der Waals surface area contributed by atoms with Crippen molar-refractivity contribution in [2.45, 2.75) is 17.7 Å². The van der Waals surface area contributed by atoms with Gasteiger partial charge < -0.3 is 0 Å². The van der Waals surface area contributed by atoms with Crippen molar-refractivity contribution in [3.05, 3.63) is 35.4 Å². The Kier molecular flexibility index (Phi) is 2.22. The fourth-order valence-corrected chi connectivity index (χ4v) is 2.25. The second kappa shape index (κ2) is 3.36. The van der Waals surface area contributed by atoms with Gasteiger partial charge in [0.2, 0.25) is 0 Å². The van der Waals surface area contributed by atoms with E-state index in [-0.39, 0.29) is 0 Å². The summed E-state index contributed by atoms with van der Waals surface area (Å²) in [5.74, 6) is 0. The van der Waals surface area contributed by atoms with Crippen LogP contribution in [0.15, 0.2) is 29.2 Å². The molecule has 0 atom stereocenters. The van der Waals surface area contributed by atoms with Crippen LogP contribution in [0.3, 0.4) is 0 Å². The number of thioether (sulfide) groups is 1. The summed E-state index contributed by atoms with van der Waals surface area (Å²) in [7, 11) is 0. The van der Waals surface area contributed by atoms with Crippen molar-refractivity contribution in [3.8, 4) is 0 Å². The molecule has 0 N–H and O–H groups in total. The topological polar surface area (TPSA) is 0 Å². The van der Waals surface area contributed by atoms with Gasteiger partial charge in [-0.15, -0.1) is 11.8 Å². The first-order chi connectivity index (χ1) is 5.92. The first-order valence-electron chi connectivity index (χ1n) is 4.24. The Hall–Kier alpha value is -0.690.